The maximum absolute atomic E-state index is 11.4. The van der Waals surface area contributed by atoms with E-state index in [1.54, 1.807) is 13.8 Å². The first-order chi connectivity index (χ1) is 8.36. The van der Waals surface area contributed by atoms with Crippen molar-refractivity contribution in [2.75, 3.05) is 6.61 Å². The fraction of sp³-hybridized carbons (Fsp3) is 0.727. The first kappa shape index (κ1) is 15.1. The minimum absolute atomic E-state index is 0.568. The Kier molecular flexibility index (Phi) is 5.24. The molecule has 0 saturated carbocycles. The van der Waals surface area contributed by atoms with Gasteiger partial charge in [-0.3, -0.25) is 0 Å². The van der Waals surface area contributed by atoms with Crippen LogP contribution in [0.5, 0.6) is 0 Å². The molecule has 0 aromatic rings. The molecule has 0 aromatic carbocycles. The van der Waals surface area contributed by atoms with E-state index in [1.165, 1.54) is 6.08 Å². The highest BCUT2D eigenvalue weighted by molar-refractivity contribution is 5.82. The standard InChI is InChI=1S/C11H18O7/c1-5(2)3-7(13)18-11-10(16)9(15)8(14)6(4-12)17-11/h3,6,8-12,14-16H,4H2,1-2H3. The van der Waals surface area contributed by atoms with Gasteiger partial charge in [0.2, 0.25) is 6.29 Å². The zero-order valence-corrected chi connectivity index (χ0v) is 10.2. The molecule has 0 spiro atoms. The molecule has 7 heteroatoms. The molecule has 4 N–H and O–H groups in total. The van der Waals surface area contributed by atoms with E-state index in [2.05, 4.69) is 0 Å². The minimum atomic E-state index is -1.57. The van der Waals surface area contributed by atoms with Crippen molar-refractivity contribution < 1.29 is 34.7 Å². The predicted molar refractivity (Wildman–Crippen MR) is 59.3 cm³/mol. The number of hydrogen-bond donors (Lipinski definition) is 4. The number of aliphatic hydroxyl groups is 4. The summed E-state index contributed by atoms with van der Waals surface area (Å²) in [5.41, 5.74) is 0.699. The van der Waals surface area contributed by atoms with E-state index in [4.69, 9.17) is 14.6 Å². The maximum Gasteiger partial charge on any atom is 0.333 e. The number of aliphatic hydroxyl groups excluding tert-OH is 4. The number of hydrogen-bond acceptors (Lipinski definition) is 7. The van der Waals surface area contributed by atoms with Gasteiger partial charge >= 0.3 is 5.97 Å². The van der Waals surface area contributed by atoms with Gasteiger partial charge in [-0.15, -0.1) is 0 Å². The third-order valence-electron chi connectivity index (χ3n) is 2.49. The van der Waals surface area contributed by atoms with Crippen LogP contribution in [0.2, 0.25) is 0 Å². The van der Waals surface area contributed by atoms with Gasteiger partial charge in [0.05, 0.1) is 6.61 Å². The van der Waals surface area contributed by atoms with Crippen molar-refractivity contribution in [3.05, 3.63) is 11.6 Å². The van der Waals surface area contributed by atoms with E-state index in [0.29, 0.717) is 5.57 Å². The molecule has 0 radical (unpaired) electrons. The summed E-state index contributed by atoms with van der Waals surface area (Å²) in [5, 5.41) is 37.5. The lowest BCUT2D eigenvalue weighted by Gasteiger charge is -2.38. The highest BCUT2D eigenvalue weighted by atomic mass is 16.7. The smallest absolute Gasteiger partial charge is 0.333 e. The zero-order valence-electron chi connectivity index (χ0n) is 10.2. The highest BCUT2D eigenvalue weighted by Gasteiger charge is 2.45. The lowest BCUT2D eigenvalue weighted by atomic mass is 9.99. The molecule has 5 unspecified atom stereocenters. The second-order valence-corrected chi connectivity index (χ2v) is 4.36. The summed E-state index contributed by atoms with van der Waals surface area (Å²) >= 11 is 0. The van der Waals surface area contributed by atoms with Gasteiger partial charge in [0.25, 0.3) is 0 Å². The summed E-state index contributed by atoms with van der Waals surface area (Å²) in [7, 11) is 0. The maximum atomic E-state index is 11.4. The van der Waals surface area contributed by atoms with Crippen molar-refractivity contribution >= 4 is 5.97 Å². The van der Waals surface area contributed by atoms with Gasteiger partial charge in [-0.05, 0) is 13.8 Å². The van der Waals surface area contributed by atoms with Crippen LogP contribution < -0.4 is 0 Å². The lowest BCUT2D eigenvalue weighted by Crippen LogP contribution is -2.59. The summed E-state index contributed by atoms with van der Waals surface area (Å²) < 4.78 is 9.80. The SMILES string of the molecule is CC(C)=CC(=O)OC1OC(CO)C(O)C(O)C1O. The topological polar surface area (TPSA) is 116 Å². The number of ether oxygens (including phenoxy) is 2. The molecular formula is C11H18O7. The summed E-state index contributed by atoms with van der Waals surface area (Å²) in [6.45, 7) is 2.81. The summed E-state index contributed by atoms with van der Waals surface area (Å²) in [4.78, 5) is 11.4. The van der Waals surface area contributed by atoms with Crippen molar-refractivity contribution in [1.82, 2.24) is 0 Å². The first-order valence-corrected chi connectivity index (χ1v) is 5.53. The third-order valence-corrected chi connectivity index (χ3v) is 2.49. The Bertz CT molecular complexity index is 321. The number of rotatable bonds is 3. The molecule has 1 saturated heterocycles. The number of carbonyl (C=O) groups is 1. The second-order valence-electron chi connectivity index (χ2n) is 4.36. The number of esters is 1. The molecule has 0 amide bonds. The molecule has 5 atom stereocenters. The lowest BCUT2D eigenvalue weighted by molar-refractivity contribution is -0.291. The average Bonchev–Trinajstić information content (AvgIpc) is 2.29. The second kappa shape index (κ2) is 6.26. The van der Waals surface area contributed by atoms with E-state index in [0.717, 1.165) is 0 Å². The molecule has 1 fully saturated rings. The van der Waals surface area contributed by atoms with Gasteiger partial charge in [0.15, 0.2) is 0 Å². The largest absolute Gasteiger partial charge is 0.430 e. The minimum Gasteiger partial charge on any atom is -0.430 e. The summed E-state index contributed by atoms with van der Waals surface area (Å²) in [6.07, 6.45) is -5.92. The quantitative estimate of drug-likeness (QED) is 0.353. The molecule has 0 bridgehead atoms. The first-order valence-electron chi connectivity index (χ1n) is 5.53. The molecule has 7 nitrogen and oxygen atoms in total. The Balaban J connectivity index is 2.70. The van der Waals surface area contributed by atoms with Gasteiger partial charge in [0, 0.05) is 6.08 Å². The van der Waals surface area contributed by atoms with E-state index < -0.39 is 43.3 Å². The van der Waals surface area contributed by atoms with Gasteiger partial charge in [-0.25, -0.2) is 4.79 Å². The van der Waals surface area contributed by atoms with Crippen molar-refractivity contribution in [3.8, 4) is 0 Å². The van der Waals surface area contributed by atoms with Gasteiger partial charge in [-0.2, -0.15) is 0 Å². The van der Waals surface area contributed by atoms with Crippen molar-refractivity contribution in [1.29, 1.82) is 0 Å². The van der Waals surface area contributed by atoms with Crippen LogP contribution in [0.3, 0.4) is 0 Å². The van der Waals surface area contributed by atoms with Crippen LogP contribution in [0.4, 0.5) is 0 Å². The highest BCUT2D eigenvalue weighted by Crippen LogP contribution is 2.22. The Labute approximate surface area is 104 Å². The fourth-order valence-electron chi connectivity index (χ4n) is 1.55. The van der Waals surface area contributed by atoms with E-state index in [-0.39, 0.29) is 0 Å². The Morgan fingerprint density at radius 2 is 1.83 bits per heavy atom. The van der Waals surface area contributed by atoms with Gasteiger partial charge < -0.3 is 29.9 Å². The van der Waals surface area contributed by atoms with E-state index >= 15 is 0 Å². The van der Waals surface area contributed by atoms with Crippen LogP contribution in [0, 0.1) is 0 Å². The van der Waals surface area contributed by atoms with E-state index in [1.807, 2.05) is 0 Å². The zero-order chi connectivity index (χ0) is 13.9. The predicted octanol–water partition coefficient (Wildman–Crippen LogP) is -1.70. The molecule has 1 aliphatic rings. The monoisotopic (exact) mass is 262 g/mol. The van der Waals surface area contributed by atoms with Crippen LogP contribution in [-0.2, 0) is 14.3 Å². The van der Waals surface area contributed by atoms with Crippen molar-refractivity contribution in [3.63, 3.8) is 0 Å². The molecule has 104 valence electrons. The van der Waals surface area contributed by atoms with Crippen molar-refractivity contribution in [2.24, 2.45) is 0 Å². The molecule has 0 aliphatic carbocycles. The van der Waals surface area contributed by atoms with Crippen LogP contribution in [0.25, 0.3) is 0 Å². The Hall–Kier alpha value is -0.990. The number of allylic oxidation sites excluding steroid dienone is 1. The van der Waals surface area contributed by atoms with E-state index in [9.17, 15) is 20.1 Å². The third kappa shape index (κ3) is 3.50. The van der Waals surface area contributed by atoms with Crippen LogP contribution in [-0.4, -0.2) is 63.7 Å². The molecule has 1 aliphatic heterocycles. The average molecular weight is 262 g/mol. The Morgan fingerprint density at radius 3 is 2.33 bits per heavy atom. The molecule has 1 heterocycles. The molecule has 18 heavy (non-hydrogen) atoms. The van der Waals surface area contributed by atoms with Crippen molar-refractivity contribution in [2.45, 2.75) is 44.6 Å². The normalized spacial score (nSPS) is 36.0. The number of carbonyl (C=O) groups excluding carboxylic acids is 1. The fourth-order valence-corrected chi connectivity index (χ4v) is 1.55. The van der Waals surface area contributed by atoms with Gasteiger partial charge in [-0.1, -0.05) is 5.57 Å². The van der Waals surface area contributed by atoms with Crippen LogP contribution >= 0.6 is 0 Å². The molecule has 1 rings (SSSR count). The Morgan fingerprint density at radius 1 is 1.22 bits per heavy atom. The molecule has 0 aromatic heterocycles. The molecular weight excluding hydrogens is 244 g/mol. The summed E-state index contributed by atoms with van der Waals surface area (Å²) in [6, 6.07) is 0. The van der Waals surface area contributed by atoms with Gasteiger partial charge in [0.1, 0.15) is 24.4 Å². The van der Waals surface area contributed by atoms with Crippen LogP contribution in [0.1, 0.15) is 13.8 Å². The summed E-state index contributed by atoms with van der Waals surface area (Å²) in [5.74, 6) is -0.737. The van der Waals surface area contributed by atoms with Crippen LogP contribution in [0.15, 0.2) is 11.6 Å².